The van der Waals surface area contributed by atoms with E-state index < -0.39 is 0 Å². The Morgan fingerprint density at radius 1 is 1.11 bits per heavy atom. The Morgan fingerprint density at radius 2 is 1.84 bits per heavy atom. The lowest BCUT2D eigenvalue weighted by atomic mass is 9.79. The number of benzene rings is 2. The van der Waals surface area contributed by atoms with Crippen LogP contribution in [0.1, 0.15) is 29.5 Å². The zero-order chi connectivity index (χ0) is 13.4. The molecule has 2 aromatic rings. The molecular weight excluding hydrogens is 232 g/mol. The second kappa shape index (κ2) is 4.71. The third kappa shape index (κ3) is 2.13. The Balaban J connectivity index is 2.15. The molecule has 0 aromatic heterocycles. The molecule has 2 heteroatoms. The molecule has 0 amide bonds. The zero-order valence-electron chi connectivity index (χ0n) is 11.5. The quantitative estimate of drug-likeness (QED) is 0.789. The van der Waals surface area contributed by atoms with Gasteiger partial charge in [-0.25, -0.2) is 0 Å². The Labute approximate surface area is 114 Å². The van der Waals surface area contributed by atoms with Gasteiger partial charge in [-0.3, -0.25) is 4.90 Å². The molecule has 1 aliphatic rings. The topological polar surface area (TPSA) is 29.3 Å². The minimum atomic E-state index is 0.401. The number of hydrogen-bond donors (Lipinski definition) is 1. The molecule has 1 aliphatic heterocycles. The fourth-order valence-electron chi connectivity index (χ4n) is 3.09. The van der Waals surface area contributed by atoms with Gasteiger partial charge in [-0.15, -0.1) is 0 Å². The van der Waals surface area contributed by atoms with Gasteiger partial charge in [0.15, 0.2) is 0 Å². The lowest BCUT2D eigenvalue weighted by Crippen LogP contribution is -2.39. The van der Waals surface area contributed by atoms with Crippen LogP contribution in [0, 0.1) is 0 Å². The van der Waals surface area contributed by atoms with Crippen molar-refractivity contribution < 1.29 is 0 Å². The number of nitrogens with two attached hydrogens (primary N) is 1. The van der Waals surface area contributed by atoms with Crippen LogP contribution >= 0.6 is 0 Å². The van der Waals surface area contributed by atoms with E-state index >= 15 is 0 Å². The molecule has 98 valence electrons. The van der Waals surface area contributed by atoms with E-state index in [1.807, 2.05) is 6.07 Å². The maximum absolute atomic E-state index is 5.99. The largest absolute Gasteiger partial charge is 0.399 e. The molecule has 0 fully saturated rings. The van der Waals surface area contributed by atoms with Crippen LogP contribution in [0.2, 0.25) is 0 Å². The molecule has 2 atom stereocenters. The van der Waals surface area contributed by atoms with Crippen molar-refractivity contribution in [2.24, 2.45) is 0 Å². The smallest absolute Gasteiger partial charge is 0.0317 e. The summed E-state index contributed by atoms with van der Waals surface area (Å²) in [5, 5.41) is 0. The highest BCUT2D eigenvalue weighted by Crippen LogP contribution is 2.38. The predicted octanol–water partition coefficient (Wildman–Crippen LogP) is 3.23. The van der Waals surface area contributed by atoms with Crippen LogP contribution in [0.3, 0.4) is 0 Å². The molecule has 0 spiro atoms. The SMILES string of the molecule is C[C@@H]1[C@@H](c2ccccc2)c2cc(N)ccc2CN1C. The van der Waals surface area contributed by atoms with Gasteiger partial charge in [0.25, 0.3) is 0 Å². The summed E-state index contributed by atoms with van der Waals surface area (Å²) in [7, 11) is 2.19. The molecular formula is C17H20N2. The average Bonchev–Trinajstić information content (AvgIpc) is 2.42. The summed E-state index contributed by atoms with van der Waals surface area (Å²) in [6.45, 7) is 3.30. The fraction of sp³-hybridized carbons (Fsp3) is 0.294. The summed E-state index contributed by atoms with van der Waals surface area (Å²) in [5.41, 5.74) is 11.0. The summed E-state index contributed by atoms with van der Waals surface area (Å²) < 4.78 is 0. The van der Waals surface area contributed by atoms with E-state index in [-0.39, 0.29) is 0 Å². The highest BCUT2D eigenvalue weighted by atomic mass is 15.1. The van der Waals surface area contributed by atoms with E-state index in [0.717, 1.165) is 12.2 Å². The number of nitrogens with zero attached hydrogens (tertiary/aromatic N) is 1. The first kappa shape index (κ1) is 12.2. The van der Waals surface area contributed by atoms with E-state index in [2.05, 4.69) is 61.3 Å². The summed E-state index contributed by atoms with van der Waals surface area (Å²) in [6.07, 6.45) is 0. The molecule has 0 radical (unpaired) electrons. The van der Waals surface area contributed by atoms with Crippen LogP contribution in [0.15, 0.2) is 48.5 Å². The van der Waals surface area contributed by atoms with Gasteiger partial charge in [0.1, 0.15) is 0 Å². The molecule has 1 heterocycles. The van der Waals surface area contributed by atoms with Gasteiger partial charge in [-0.2, -0.15) is 0 Å². The van der Waals surface area contributed by atoms with E-state index in [1.54, 1.807) is 0 Å². The van der Waals surface area contributed by atoms with Crippen LogP contribution in [0.4, 0.5) is 5.69 Å². The first-order chi connectivity index (χ1) is 9.16. The van der Waals surface area contributed by atoms with Crippen LogP contribution in [0.5, 0.6) is 0 Å². The van der Waals surface area contributed by atoms with E-state index in [4.69, 9.17) is 5.73 Å². The summed E-state index contributed by atoms with van der Waals surface area (Å²) in [6, 6.07) is 17.5. The molecule has 3 rings (SSSR count). The summed E-state index contributed by atoms with van der Waals surface area (Å²) in [4.78, 5) is 2.41. The maximum Gasteiger partial charge on any atom is 0.0317 e. The highest BCUT2D eigenvalue weighted by Gasteiger charge is 2.31. The zero-order valence-corrected chi connectivity index (χ0v) is 11.5. The monoisotopic (exact) mass is 252 g/mol. The van der Waals surface area contributed by atoms with Crippen LogP contribution in [-0.2, 0) is 6.54 Å². The second-order valence-electron chi connectivity index (χ2n) is 5.50. The van der Waals surface area contributed by atoms with Crippen molar-refractivity contribution in [1.82, 2.24) is 4.90 Å². The lowest BCUT2D eigenvalue weighted by Gasteiger charge is -2.39. The van der Waals surface area contributed by atoms with Crippen molar-refractivity contribution in [2.75, 3.05) is 12.8 Å². The minimum Gasteiger partial charge on any atom is -0.399 e. The first-order valence-electron chi connectivity index (χ1n) is 6.80. The van der Waals surface area contributed by atoms with Crippen molar-refractivity contribution in [1.29, 1.82) is 0 Å². The molecule has 2 aromatic carbocycles. The van der Waals surface area contributed by atoms with Crippen LogP contribution in [0.25, 0.3) is 0 Å². The highest BCUT2D eigenvalue weighted by molar-refractivity contribution is 5.50. The van der Waals surface area contributed by atoms with Crippen LogP contribution < -0.4 is 5.73 Å². The van der Waals surface area contributed by atoms with E-state index in [0.29, 0.717) is 12.0 Å². The first-order valence-corrected chi connectivity index (χ1v) is 6.80. The van der Waals surface area contributed by atoms with Crippen LogP contribution in [-0.4, -0.2) is 18.0 Å². The molecule has 2 N–H and O–H groups in total. The van der Waals surface area contributed by atoms with Crippen molar-refractivity contribution in [3.8, 4) is 0 Å². The molecule has 0 aliphatic carbocycles. The average molecular weight is 252 g/mol. The number of nitrogen functional groups attached to an aromatic ring is 1. The number of rotatable bonds is 1. The fourth-order valence-corrected chi connectivity index (χ4v) is 3.09. The van der Waals surface area contributed by atoms with Gasteiger partial charge >= 0.3 is 0 Å². The van der Waals surface area contributed by atoms with Gasteiger partial charge in [0.05, 0.1) is 0 Å². The Hall–Kier alpha value is -1.80. The Bertz CT molecular complexity index is 577. The Morgan fingerprint density at radius 3 is 2.58 bits per heavy atom. The van der Waals surface area contributed by atoms with E-state index in [1.165, 1.54) is 16.7 Å². The molecule has 0 bridgehead atoms. The number of fused-ring (bicyclic) bond motifs is 1. The van der Waals surface area contributed by atoms with Crippen molar-refractivity contribution in [3.63, 3.8) is 0 Å². The summed E-state index contributed by atoms with van der Waals surface area (Å²) >= 11 is 0. The maximum atomic E-state index is 5.99. The number of anilines is 1. The standard InChI is InChI=1S/C17H20N2/c1-12-17(13-6-4-3-5-7-13)16-10-15(18)9-8-14(16)11-19(12)2/h3-10,12,17H,11,18H2,1-2H3/t12-,17+/m1/s1. The minimum absolute atomic E-state index is 0.401. The van der Waals surface area contributed by atoms with Gasteiger partial charge < -0.3 is 5.73 Å². The van der Waals surface area contributed by atoms with E-state index in [9.17, 15) is 0 Å². The van der Waals surface area contributed by atoms with Crippen molar-refractivity contribution >= 4 is 5.69 Å². The number of likely N-dealkylation sites (N-methyl/N-ethyl adjacent to an activating group) is 1. The Kier molecular flexibility index (Phi) is 3.03. The number of hydrogen-bond acceptors (Lipinski definition) is 2. The lowest BCUT2D eigenvalue weighted by molar-refractivity contribution is 0.212. The molecule has 0 saturated carbocycles. The second-order valence-corrected chi connectivity index (χ2v) is 5.50. The molecule has 2 nitrogen and oxygen atoms in total. The van der Waals surface area contributed by atoms with Gasteiger partial charge in [0, 0.05) is 24.2 Å². The third-order valence-electron chi connectivity index (χ3n) is 4.26. The summed E-state index contributed by atoms with van der Waals surface area (Å²) in [5.74, 6) is 0.401. The van der Waals surface area contributed by atoms with Gasteiger partial charge in [-0.05, 0) is 42.8 Å². The van der Waals surface area contributed by atoms with Crippen molar-refractivity contribution in [3.05, 3.63) is 65.2 Å². The van der Waals surface area contributed by atoms with Crippen molar-refractivity contribution in [2.45, 2.75) is 25.4 Å². The molecule has 0 unspecified atom stereocenters. The molecule has 0 saturated heterocycles. The van der Waals surface area contributed by atoms with Gasteiger partial charge in [0.2, 0.25) is 0 Å². The third-order valence-corrected chi connectivity index (χ3v) is 4.26. The normalized spacial score (nSPS) is 23.1. The van der Waals surface area contributed by atoms with Gasteiger partial charge in [-0.1, -0.05) is 36.4 Å². The molecule has 19 heavy (non-hydrogen) atoms. The predicted molar refractivity (Wildman–Crippen MR) is 80.1 cm³/mol.